The number of nitrogens with one attached hydrogen (secondary N) is 1. The van der Waals surface area contributed by atoms with Crippen LogP contribution in [0.1, 0.15) is 23.0 Å². The van der Waals surface area contributed by atoms with Crippen LogP contribution in [-0.2, 0) is 4.79 Å². The standard InChI is InChI=1S/C21H17ClN2O6/c1-29-18-8-17(30-24-18)20(27)19-13-6-12(14(22)7-15(13)23-21(19)28)10-2-4-11(5-3-10)16(26)9-25/h2-8,16,25-27H,9H2,1H3,(H,23,28). The smallest absolute Gasteiger partial charge is 0.260 e. The van der Waals surface area contributed by atoms with E-state index in [4.69, 9.17) is 26.0 Å². The number of aromatic nitrogens is 1. The third-order valence-corrected chi connectivity index (χ3v) is 5.11. The van der Waals surface area contributed by atoms with Crippen molar-refractivity contribution in [2.45, 2.75) is 6.10 Å². The zero-order valence-corrected chi connectivity index (χ0v) is 16.5. The van der Waals surface area contributed by atoms with Crippen molar-refractivity contribution >= 4 is 34.5 Å². The van der Waals surface area contributed by atoms with E-state index in [1.165, 1.54) is 13.2 Å². The molecular weight excluding hydrogens is 412 g/mol. The van der Waals surface area contributed by atoms with Gasteiger partial charge in [0.05, 0.1) is 36.1 Å². The van der Waals surface area contributed by atoms with Gasteiger partial charge in [-0.3, -0.25) is 4.79 Å². The van der Waals surface area contributed by atoms with E-state index < -0.39 is 12.0 Å². The maximum absolute atomic E-state index is 12.5. The van der Waals surface area contributed by atoms with E-state index in [0.29, 0.717) is 27.4 Å². The Morgan fingerprint density at radius 3 is 2.60 bits per heavy atom. The van der Waals surface area contributed by atoms with E-state index in [1.54, 1.807) is 36.4 Å². The number of halogens is 1. The molecule has 0 aliphatic carbocycles. The normalized spacial score (nSPS) is 15.5. The number of rotatable bonds is 5. The predicted octanol–water partition coefficient (Wildman–Crippen LogP) is 3.41. The molecule has 9 heteroatoms. The summed E-state index contributed by atoms with van der Waals surface area (Å²) in [7, 11) is 1.41. The second-order valence-electron chi connectivity index (χ2n) is 6.61. The van der Waals surface area contributed by atoms with Crippen LogP contribution in [0.15, 0.2) is 47.0 Å². The zero-order chi connectivity index (χ0) is 21.4. The van der Waals surface area contributed by atoms with E-state index >= 15 is 0 Å². The first-order valence-corrected chi connectivity index (χ1v) is 9.29. The largest absolute Gasteiger partial charge is 0.504 e. The maximum Gasteiger partial charge on any atom is 0.260 e. The van der Waals surface area contributed by atoms with Crippen molar-refractivity contribution in [3.63, 3.8) is 0 Å². The van der Waals surface area contributed by atoms with Crippen molar-refractivity contribution in [3.8, 4) is 17.0 Å². The van der Waals surface area contributed by atoms with E-state index in [0.717, 1.165) is 5.56 Å². The maximum atomic E-state index is 12.5. The molecule has 0 saturated carbocycles. The Bertz CT molecular complexity index is 1150. The van der Waals surface area contributed by atoms with Crippen molar-refractivity contribution in [2.75, 3.05) is 19.0 Å². The molecule has 1 amide bonds. The van der Waals surface area contributed by atoms with E-state index in [9.17, 15) is 15.0 Å². The number of carbonyl (C=O) groups excluding carboxylic acids is 1. The fourth-order valence-electron chi connectivity index (χ4n) is 3.23. The summed E-state index contributed by atoms with van der Waals surface area (Å²) < 4.78 is 9.99. The van der Waals surface area contributed by atoms with Crippen LogP contribution in [0.4, 0.5) is 5.69 Å². The Morgan fingerprint density at radius 2 is 1.97 bits per heavy atom. The van der Waals surface area contributed by atoms with Gasteiger partial charge in [0.1, 0.15) is 6.10 Å². The first-order valence-electron chi connectivity index (χ1n) is 8.91. The van der Waals surface area contributed by atoms with Crippen molar-refractivity contribution in [1.29, 1.82) is 0 Å². The quantitative estimate of drug-likeness (QED) is 0.362. The van der Waals surface area contributed by atoms with Crippen LogP contribution in [0.2, 0.25) is 5.02 Å². The molecule has 1 unspecified atom stereocenters. The van der Waals surface area contributed by atoms with Crippen molar-refractivity contribution in [3.05, 3.63) is 64.4 Å². The average Bonchev–Trinajstić information content (AvgIpc) is 3.36. The molecule has 3 aromatic rings. The van der Waals surface area contributed by atoms with Gasteiger partial charge in [0, 0.05) is 11.1 Å². The number of aliphatic hydroxyl groups is 3. The summed E-state index contributed by atoms with van der Waals surface area (Å²) in [5, 5.41) is 36.2. The highest BCUT2D eigenvalue weighted by atomic mass is 35.5. The average molecular weight is 429 g/mol. The Balaban J connectivity index is 1.80. The highest BCUT2D eigenvalue weighted by Crippen LogP contribution is 2.42. The lowest BCUT2D eigenvalue weighted by Gasteiger charge is -2.11. The molecule has 2 heterocycles. The number of hydrogen-bond acceptors (Lipinski definition) is 7. The lowest BCUT2D eigenvalue weighted by Crippen LogP contribution is -2.05. The lowest BCUT2D eigenvalue weighted by molar-refractivity contribution is -0.110. The second kappa shape index (κ2) is 7.83. The van der Waals surface area contributed by atoms with Gasteiger partial charge in [-0.2, -0.15) is 0 Å². The molecule has 30 heavy (non-hydrogen) atoms. The van der Waals surface area contributed by atoms with Gasteiger partial charge in [0.15, 0.2) is 5.76 Å². The van der Waals surface area contributed by atoms with Crippen LogP contribution in [0.25, 0.3) is 22.5 Å². The number of aliphatic hydroxyl groups excluding tert-OH is 3. The minimum absolute atomic E-state index is 0.0105. The summed E-state index contributed by atoms with van der Waals surface area (Å²) in [6.45, 7) is -0.382. The molecule has 1 aliphatic rings. The van der Waals surface area contributed by atoms with Crippen LogP contribution in [-0.4, -0.2) is 40.1 Å². The van der Waals surface area contributed by atoms with Gasteiger partial charge >= 0.3 is 0 Å². The molecule has 4 rings (SSSR count). The Morgan fingerprint density at radius 1 is 1.23 bits per heavy atom. The Kier molecular flexibility index (Phi) is 5.21. The number of fused-ring (bicyclic) bond motifs is 1. The van der Waals surface area contributed by atoms with Gasteiger partial charge in [-0.1, -0.05) is 35.9 Å². The summed E-state index contributed by atoms with van der Waals surface area (Å²) >= 11 is 6.42. The first-order chi connectivity index (χ1) is 14.4. The van der Waals surface area contributed by atoms with Gasteiger partial charge < -0.3 is 29.9 Å². The van der Waals surface area contributed by atoms with Gasteiger partial charge in [0.25, 0.3) is 11.8 Å². The summed E-state index contributed by atoms with van der Waals surface area (Å²) in [4.78, 5) is 12.5. The second-order valence-corrected chi connectivity index (χ2v) is 7.02. The summed E-state index contributed by atoms with van der Waals surface area (Å²) in [5.41, 5.74) is 2.84. The molecule has 0 bridgehead atoms. The first kappa shape index (κ1) is 20.0. The van der Waals surface area contributed by atoms with Gasteiger partial charge in [-0.25, -0.2) is 0 Å². The third kappa shape index (κ3) is 3.41. The summed E-state index contributed by atoms with van der Waals surface area (Å²) in [6, 6.07) is 11.5. The highest BCUT2D eigenvalue weighted by molar-refractivity contribution is 6.38. The number of methoxy groups -OCH3 is 1. The van der Waals surface area contributed by atoms with Crippen LogP contribution in [0.3, 0.4) is 0 Å². The molecule has 4 N–H and O–H groups in total. The molecule has 0 saturated heterocycles. The Hall–Kier alpha value is -3.33. The topological polar surface area (TPSA) is 125 Å². The molecule has 0 spiro atoms. The number of benzene rings is 2. The van der Waals surface area contributed by atoms with Crippen molar-refractivity contribution in [2.24, 2.45) is 0 Å². The molecule has 1 aliphatic heterocycles. The fraction of sp³-hybridized carbons (Fsp3) is 0.143. The van der Waals surface area contributed by atoms with E-state index in [1.807, 2.05) is 0 Å². The molecule has 1 atom stereocenters. The Labute approximate surface area is 176 Å². The van der Waals surface area contributed by atoms with Gasteiger partial charge in [-0.15, -0.1) is 0 Å². The molecule has 0 fully saturated rings. The molecule has 154 valence electrons. The van der Waals surface area contributed by atoms with Crippen LogP contribution in [0.5, 0.6) is 5.88 Å². The van der Waals surface area contributed by atoms with E-state index in [2.05, 4.69) is 10.5 Å². The number of anilines is 1. The summed E-state index contributed by atoms with van der Waals surface area (Å²) in [5.74, 6) is -0.731. The van der Waals surface area contributed by atoms with Crippen LogP contribution in [0, 0.1) is 0 Å². The lowest BCUT2D eigenvalue weighted by atomic mass is 9.97. The molecule has 2 aromatic carbocycles. The zero-order valence-electron chi connectivity index (χ0n) is 15.7. The molecule has 1 aromatic heterocycles. The van der Waals surface area contributed by atoms with Gasteiger partial charge in [0.2, 0.25) is 5.76 Å². The molecule has 0 radical (unpaired) electrons. The monoisotopic (exact) mass is 428 g/mol. The predicted molar refractivity (Wildman–Crippen MR) is 110 cm³/mol. The number of ether oxygens (including phenoxy) is 1. The highest BCUT2D eigenvalue weighted by Gasteiger charge is 2.31. The third-order valence-electron chi connectivity index (χ3n) is 4.80. The minimum Gasteiger partial charge on any atom is -0.504 e. The van der Waals surface area contributed by atoms with Crippen LogP contribution >= 0.6 is 11.6 Å². The minimum atomic E-state index is -0.971. The number of amides is 1. The molecular formula is C21H17ClN2O6. The van der Waals surface area contributed by atoms with Crippen molar-refractivity contribution < 1.29 is 29.4 Å². The number of hydrogen-bond donors (Lipinski definition) is 4. The fourth-order valence-corrected chi connectivity index (χ4v) is 3.50. The number of carbonyl (C=O) groups is 1. The van der Waals surface area contributed by atoms with Gasteiger partial charge in [-0.05, 0) is 28.4 Å². The number of nitrogens with zero attached hydrogens (tertiary/aromatic N) is 1. The SMILES string of the molecule is COc1cc(C(O)=C2C(=O)Nc3cc(Cl)c(-c4ccc(C(O)CO)cc4)cc32)on1. The summed E-state index contributed by atoms with van der Waals surface area (Å²) in [6.07, 6.45) is -0.971. The molecule has 8 nitrogen and oxygen atoms in total. The van der Waals surface area contributed by atoms with Crippen LogP contribution < -0.4 is 10.1 Å². The van der Waals surface area contributed by atoms with Crippen molar-refractivity contribution in [1.82, 2.24) is 5.16 Å². The van der Waals surface area contributed by atoms with E-state index in [-0.39, 0.29) is 29.6 Å².